The van der Waals surface area contributed by atoms with Crippen LogP contribution >= 0.6 is 0 Å². The van der Waals surface area contributed by atoms with Crippen LogP contribution in [0, 0.1) is 5.92 Å². The molecule has 0 aliphatic carbocycles. The molecule has 0 spiro atoms. The highest BCUT2D eigenvalue weighted by Gasteiger charge is 2.02. The normalized spacial score (nSPS) is 12.2. The van der Waals surface area contributed by atoms with E-state index in [1.165, 1.54) is 0 Å². The Morgan fingerprint density at radius 2 is 2.38 bits per heavy atom. The molecular formula is C10H13NO2. The Labute approximate surface area is 77.8 Å². The second-order valence-electron chi connectivity index (χ2n) is 3.05. The summed E-state index contributed by atoms with van der Waals surface area (Å²) in [5.41, 5.74) is 1.03. The molecule has 1 rings (SSSR count). The van der Waals surface area contributed by atoms with Crippen molar-refractivity contribution in [3.05, 3.63) is 24.0 Å². The molecule has 1 aromatic heterocycles. The zero-order valence-corrected chi connectivity index (χ0v) is 7.86. The Balaban J connectivity index is 2.71. The lowest BCUT2D eigenvalue weighted by Crippen LogP contribution is -2.01. The molecule has 70 valence electrons. The van der Waals surface area contributed by atoms with Crippen molar-refractivity contribution in [2.45, 2.75) is 13.3 Å². The van der Waals surface area contributed by atoms with E-state index >= 15 is 0 Å². The van der Waals surface area contributed by atoms with Gasteiger partial charge in [0.2, 0.25) is 0 Å². The molecule has 1 heterocycles. The minimum atomic E-state index is 0.0360. The molecule has 1 unspecified atom stereocenters. The van der Waals surface area contributed by atoms with Crippen LogP contribution in [0.2, 0.25) is 0 Å². The summed E-state index contributed by atoms with van der Waals surface area (Å²) in [6.07, 6.45) is 5.06. The van der Waals surface area contributed by atoms with Crippen molar-refractivity contribution in [3.8, 4) is 5.75 Å². The van der Waals surface area contributed by atoms with Gasteiger partial charge in [0.1, 0.15) is 12.0 Å². The molecule has 0 bridgehead atoms. The second kappa shape index (κ2) is 4.60. The van der Waals surface area contributed by atoms with E-state index in [0.717, 1.165) is 17.6 Å². The summed E-state index contributed by atoms with van der Waals surface area (Å²) >= 11 is 0. The highest BCUT2D eigenvalue weighted by atomic mass is 16.5. The van der Waals surface area contributed by atoms with Gasteiger partial charge >= 0.3 is 0 Å². The third kappa shape index (κ3) is 2.86. The maximum absolute atomic E-state index is 10.4. The maximum atomic E-state index is 10.4. The predicted molar refractivity (Wildman–Crippen MR) is 49.7 cm³/mol. The van der Waals surface area contributed by atoms with Crippen LogP contribution in [-0.4, -0.2) is 18.4 Å². The van der Waals surface area contributed by atoms with Gasteiger partial charge in [-0.1, -0.05) is 6.92 Å². The highest BCUT2D eigenvalue weighted by Crippen LogP contribution is 2.12. The number of aromatic nitrogens is 1. The van der Waals surface area contributed by atoms with E-state index < -0.39 is 0 Å². The Morgan fingerprint density at radius 3 is 3.00 bits per heavy atom. The summed E-state index contributed by atoms with van der Waals surface area (Å²) < 4.78 is 5.02. The van der Waals surface area contributed by atoms with Gasteiger partial charge in [0.05, 0.1) is 13.3 Å². The van der Waals surface area contributed by atoms with Gasteiger partial charge in [-0.2, -0.15) is 0 Å². The Morgan fingerprint density at radius 1 is 1.62 bits per heavy atom. The summed E-state index contributed by atoms with van der Waals surface area (Å²) in [6, 6.07) is 1.90. The van der Waals surface area contributed by atoms with Gasteiger partial charge in [0, 0.05) is 12.1 Å². The van der Waals surface area contributed by atoms with Crippen molar-refractivity contribution in [2.75, 3.05) is 7.11 Å². The van der Waals surface area contributed by atoms with Crippen LogP contribution in [0.3, 0.4) is 0 Å². The number of ether oxygens (including phenoxy) is 1. The van der Waals surface area contributed by atoms with E-state index in [0.29, 0.717) is 6.42 Å². The van der Waals surface area contributed by atoms with Gasteiger partial charge in [-0.25, -0.2) is 0 Å². The average molecular weight is 179 g/mol. The molecule has 13 heavy (non-hydrogen) atoms. The first-order chi connectivity index (χ1) is 6.26. The molecule has 0 amide bonds. The molecule has 0 saturated carbocycles. The quantitative estimate of drug-likeness (QED) is 0.657. The number of rotatable bonds is 4. The van der Waals surface area contributed by atoms with E-state index in [1.54, 1.807) is 19.5 Å². The number of nitrogens with zero attached hydrogens (tertiary/aromatic N) is 1. The molecule has 0 aromatic carbocycles. The fraction of sp³-hybridized carbons (Fsp3) is 0.400. The Kier molecular flexibility index (Phi) is 3.43. The molecule has 0 fully saturated rings. The number of hydrogen-bond acceptors (Lipinski definition) is 3. The topological polar surface area (TPSA) is 39.2 Å². The molecule has 0 aliphatic rings. The molecule has 1 atom stereocenters. The second-order valence-corrected chi connectivity index (χ2v) is 3.05. The minimum Gasteiger partial charge on any atom is -0.495 e. The molecule has 0 N–H and O–H groups in total. The van der Waals surface area contributed by atoms with Gasteiger partial charge in [0.15, 0.2) is 0 Å². The van der Waals surface area contributed by atoms with Gasteiger partial charge in [-0.05, 0) is 18.1 Å². The summed E-state index contributed by atoms with van der Waals surface area (Å²) in [4.78, 5) is 14.4. The summed E-state index contributed by atoms with van der Waals surface area (Å²) in [5.74, 6) is 0.768. The van der Waals surface area contributed by atoms with Crippen molar-refractivity contribution in [1.82, 2.24) is 4.98 Å². The Hall–Kier alpha value is -1.38. The number of hydrogen-bond donors (Lipinski definition) is 0. The van der Waals surface area contributed by atoms with E-state index in [9.17, 15) is 4.79 Å². The lowest BCUT2D eigenvalue weighted by Gasteiger charge is -2.04. The monoisotopic (exact) mass is 179 g/mol. The number of methoxy groups -OCH3 is 1. The molecular weight excluding hydrogens is 166 g/mol. The van der Waals surface area contributed by atoms with Crippen molar-refractivity contribution in [2.24, 2.45) is 5.92 Å². The molecule has 3 heteroatoms. The fourth-order valence-corrected chi connectivity index (χ4v) is 1.11. The van der Waals surface area contributed by atoms with E-state index in [4.69, 9.17) is 4.74 Å². The van der Waals surface area contributed by atoms with Crippen LogP contribution < -0.4 is 4.74 Å². The number of carbonyl (C=O) groups excluding carboxylic acids is 1. The fourth-order valence-electron chi connectivity index (χ4n) is 1.11. The van der Waals surface area contributed by atoms with Crippen LogP contribution in [0.15, 0.2) is 18.5 Å². The number of pyridine rings is 1. The van der Waals surface area contributed by atoms with Gasteiger partial charge in [-0.15, -0.1) is 0 Å². The van der Waals surface area contributed by atoms with Gasteiger partial charge in [0.25, 0.3) is 0 Å². The van der Waals surface area contributed by atoms with E-state index in [-0.39, 0.29) is 5.92 Å². The smallest absolute Gasteiger partial charge is 0.137 e. The number of carbonyl (C=O) groups is 1. The molecule has 3 nitrogen and oxygen atoms in total. The van der Waals surface area contributed by atoms with Crippen LogP contribution in [0.25, 0.3) is 0 Å². The third-order valence-corrected chi connectivity index (χ3v) is 1.80. The highest BCUT2D eigenvalue weighted by molar-refractivity contribution is 5.53. The van der Waals surface area contributed by atoms with E-state index in [2.05, 4.69) is 4.98 Å². The predicted octanol–water partition coefficient (Wildman–Crippen LogP) is 1.47. The maximum Gasteiger partial charge on any atom is 0.137 e. The lowest BCUT2D eigenvalue weighted by molar-refractivity contribution is -0.110. The van der Waals surface area contributed by atoms with Crippen LogP contribution in [0.1, 0.15) is 12.5 Å². The first-order valence-corrected chi connectivity index (χ1v) is 4.19. The van der Waals surface area contributed by atoms with Crippen LogP contribution in [0.4, 0.5) is 0 Å². The summed E-state index contributed by atoms with van der Waals surface area (Å²) in [7, 11) is 1.60. The van der Waals surface area contributed by atoms with Crippen LogP contribution in [0.5, 0.6) is 5.75 Å². The average Bonchev–Trinajstić information content (AvgIpc) is 2.18. The molecule has 1 aromatic rings. The first kappa shape index (κ1) is 9.71. The summed E-state index contributed by atoms with van der Waals surface area (Å²) in [6.45, 7) is 1.88. The van der Waals surface area contributed by atoms with E-state index in [1.807, 2.05) is 13.0 Å². The SMILES string of the molecule is COc1cncc(CC(C)C=O)c1. The first-order valence-electron chi connectivity index (χ1n) is 4.19. The largest absolute Gasteiger partial charge is 0.495 e. The van der Waals surface area contributed by atoms with Gasteiger partial charge in [-0.3, -0.25) is 4.98 Å². The van der Waals surface area contributed by atoms with Crippen molar-refractivity contribution >= 4 is 6.29 Å². The Bertz CT molecular complexity index is 286. The molecule has 0 radical (unpaired) electrons. The minimum absolute atomic E-state index is 0.0360. The molecule has 0 saturated heterocycles. The van der Waals surface area contributed by atoms with Crippen molar-refractivity contribution < 1.29 is 9.53 Å². The van der Waals surface area contributed by atoms with Gasteiger partial charge < -0.3 is 9.53 Å². The standard InChI is InChI=1S/C10H13NO2/c1-8(7-12)3-9-4-10(13-2)6-11-5-9/h4-8H,3H2,1-2H3. The van der Waals surface area contributed by atoms with Crippen molar-refractivity contribution in [3.63, 3.8) is 0 Å². The summed E-state index contributed by atoms with van der Waals surface area (Å²) in [5, 5.41) is 0. The molecule has 0 aliphatic heterocycles. The zero-order chi connectivity index (χ0) is 9.68. The lowest BCUT2D eigenvalue weighted by atomic mass is 10.0. The third-order valence-electron chi connectivity index (χ3n) is 1.80. The van der Waals surface area contributed by atoms with Crippen LogP contribution in [-0.2, 0) is 11.2 Å². The number of aldehydes is 1. The van der Waals surface area contributed by atoms with Crippen molar-refractivity contribution in [1.29, 1.82) is 0 Å². The zero-order valence-electron chi connectivity index (χ0n) is 7.86.